The number of hydrogen-bond acceptors (Lipinski definition) is 6. The fourth-order valence-corrected chi connectivity index (χ4v) is 2.29. The van der Waals surface area contributed by atoms with Crippen molar-refractivity contribution < 1.29 is 9.59 Å². The van der Waals surface area contributed by atoms with Gasteiger partial charge in [0.2, 0.25) is 10.3 Å². The monoisotopic (exact) mass is 246 g/mol. The molecule has 1 aromatic carbocycles. The molecule has 0 fully saturated rings. The van der Waals surface area contributed by atoms with E-state index >= 15 is 0 Å². The molecular formula is C10H6N4O2S. The molecule has 0 spiro atoms. The second-order valence-electron chi connectivity index (χ2n) is 3.41. The Hall–Kier alpha value is -2.28. The lowest BCUT2D eigenvalue weighted by atomic mass is 10.1. The molecule has 84 valence electrons. The number of fused-ring (bicyclic) bond motifs is 1. The van der Waals surface area contributed by atoms with E-state index in [1.54, 1.807) is 24.3 Å². The van der Waals surface area contributed by atoms with Crippen LogP contribution in [0.15, 0.2) is 24.3 Å². The summed E-state index contributed by atoms with van der Waals surface area (Å²) < 4.78 is 0. The van der Waals surface area contributed by atoms with Gasteiger partial charge in [-0.3, -0.25) is 9.59 Å². The lowest BCUT2D eigenvalue weighted by Crippen LogP contribution is -2.29. The molecule has 0 radical (unpaired) electrons. The molecule has 7 heteroatoms. The van der Waals surface area contributed by atoms with Crippen molar-refractivity contribution in [3.05, 3.63) is 35.4 Å². The van der Waals surface area contributed by atoms with Crippen molar-refractivity contribution in [2.24, 2.45) is 0 Å². The van der Waals surface area contributed by atoms with Gasteiger partial charge in [0.25, 0.3) is 11.8 Å². The minimum Gasteiger partial charge on any atom is -0.374 e. The van der Waals surface area contributed by atoms with E-state index in [-0.39, 0.29) is 22.1 Å². The SMILES string of the molecule is Nc1nnc(N2C(=O)c3ccccc3C2=O)s1. The first-order chi connectivity index (χ1) is 8.18. The van der Waals surface area contributed by atoms with Crippen LogP contribution in [0.3, 0.4) is 0 Å². The van der Waals surface area contributed by atoms with Crippen molar-refractivity contribution in [3.8, 4) is 0 Å². The van der Waals surface area contributed by atoms with Gasteiger partial charge in [-0.25, -0.2) is 4.90 Å². The zero-order valence-electron chi connectivity index (χ0n) is 8.45. The van der Waals surface area contributed by atoms with E-state index in [0.29, 0.717) is 11.1 Å². The Morgan fingerprint density at radius 3 is 2.12 bits per heavy atom. The van der Waals surface area contributed by atoms with Crippen LogP contribution < -0.4 is 10.6 Å². The minimum absolute atomic E-state index is 0.202. The number of amides is 2. The van der Waals surface area contributed by atoms with Gasteiger partial charge in [-0.15, -0.1) is 10.2 Å². The Bertz CT molecular complexity index is 602. The highest BCUT2D eigenvalue weighted by molar-refractivity contribution is 7.19. The van der Waals surface area contributed by atoms with E-state index in [4.69, 9.17) is 5.73 Å². The molecule has 1 aromatic heterocycles. The lowest BCUT2D eigenvalue weighted by molar-refractivity contribution is 0.0926. The van der Waals surface area contributed by atoms with E-state index in [2.05, 4.69) is 10.2 Å². The van der Waals surface area contributed by atoms with Gasteiger partial charge >= 0.3 is 0 Å². The van der Waals surface area contributed by atoms with Crippen molar-refractivity contribution >= 4 is 33.4 Å². The Kier molecular flexibility index (Phi) is 1.96. The predicted octanol–water partition coefficient (Wildman–Crippen LogP) is 0.921. The predicted molar refractivity (Wildman–Crippen MR) is 61.9 cm³/mol. The van der Waals surface area contributed by atoms with Gasteiger partial charge in [0, 0.05) is 0 Å². The second kappa shape index (κ2) is 3.36. The summed E-state index contributed by atoms with van der Waals surface area (Å²) in [6, 6.07) is 6.64. The van der Waals surface area contributed by atoms with Gasteiger partial charge < -0.3 is 5.73 Å². The summed E-state index contributed by atoms with van der Waals surface area (Å²) in [5, 5.41) is 7.72. The zero-order chi connectivity index (χ0) is 12.0. The smallest absolute Gasteiger partial charge is 0.268 e. The molecule has 2 N–H and O–H groups in total. The van der Waals surface area contributed by atoms with E-state index in [1.165, 1.54) is 0 Å². The fraction of sp³-hybridized carbons (Fsp3) is 0. The average molecular weight is 246 g/mol. The van der Waals surface area contributed by atoms with Gasteiger partial charge in [0.05, 0.1) is 11.1 Å². The quantitative estimate of drug-likeness (QED) is 0.756. The third-order valence-corrected chi connectivity index (χ3v) is 3.15. The topological polar surface area (TPSA) is 89.2 Å². The van der Waals surface area contributed by atoms with Gasteiger partial charge in [0.15, 0.2) is 0 Å². The number of nitrogen functional groups attached to an aromatic ring is 1. The summed E-state index contributed by atoms with van der Waals surface area (Å²) in [5.41, 5.74) is 6.20. The average Bonchev–Trinajstić information content (AvgIpc) is 2.84. The summed E-state index contributed by atoms with van der Waals surface area (Å²) in [6.45, 7) is 0. The van der Waals surface area contributed by atoms with Gasteiger partial charge in [-0.1, -0.05) is 23.5 Å². The number of hydrogen-bond donors (Lipinski definition) is 1. The Balaban J connectivity index is 2.12. The molecule has 0 atom stereocenters. The number of carbonyl (C=O) groups is 2. The third-order valence-electron chi connectivity index (χ3n) is 2.42. The summed E-state index contributed by atoms with van der Waals surface area (Å²) in [7, 11) is 0. The third kappa shape index (κ3) is 1.32. The number of carbonyl (C=O) groups excluding carboxylic acids is 2. The van der Waals surface area contributed by atoms with E-state index in [1.807, 2.05) is 0 Å². The molecular weight excluding hydrogens is 240 g/mol. The van der Waals surface area contributed by atoms with Crippen molar-refractivity contribution in [1.29, 1.82) is 0 Å². The van der Waals surface area contributed by atoms with Crippen LogP contribution in [0.2, 0.25) is 0 Å². The van der Waals surface area contributed by atoms with Crippen LogP contribution >= 0.6 is 11.3 Å². The van der Waals surface area contributed by atoms with Crippen molar-refractivity contribution in [3.63, 3.8) is 0 Å². The van der Waals surface area contributed by atoms with Crippen molar-refractivity contribution in [2.75, 3.05) is 10.6 Å². The van der Waals surface area contributed by atoms with Crippen LogP contribution in [0.1, 0.15) is 20.7 Å². The molecule has 0 saturated heterocycles. The maximum absolute atomic E-state index is 12.0. The first kappa shape index (κ1) is 9.91. The molecule has 1 aliphatic rings. The number of nitrogens with zero attached hydrogens (tertiary/aromatic N) is 3. The molecule has 6 nitrogen and oxygen atoms in total. The Morgan fingerprint density at radius 2 is 1.65 bits per heavy atom. The maximum atomic E-state index is 12.0. The molecule has 2 amide bonds. The van der Waals surface area contributed by atoms with Gasteiger partial charge in [-0.2, -0.15) is 0 Å². The Labute approximate surface area is 99.7 Å². The van der Waals surface area contributed by atoms with Crippen LogP contribution in [0.4, 0.5) is 10.3 Å². The molecule has 17 heavy (non-hydrogen) atoms. The van der Waals surface area contributed by atoms with E-state index in [0.717, 1.165) is 16.2 Å². The molecule has 3 rings (SSSR count). The van der Waals surface area contributed by atoms with Crippen LogP contribution in [-0.2, 0) is 0 Å². The summed E-state index contributed by atoms with van der Waals surface area (Å²) in [6.07, 6.45) is 0. The highest BCUT2D eigenvalue weighted by Gasteiger charge is 2.38. The van der Waals surface area contributed by atoms with Gasteiger partial charge in [0.1, 0.15) is 0 Å². The number of rotatable bonds is 1. The summed E-state index contributed by atoms with van der Waals surface area (Å²) in [4.78, 5) is 25.0. The first-order valence-corrected chi connectivity index (χ1v) is 5.57. The number of imide groups is 1. The number of anilines is 2. The molecule has 2 aromatic rings. The van der Waals surface area contributed by atoms with Crippen LogP contribution in [0.25, 0.3) is 0 Å². The molecule has 0 saturated carbocycles. The van der Waals surface area contributed by atoms with Crippen LogP contribution in [0, 0.1) is 0 Å². The van der Waals surface area contributed by atoms with E-state index in [9.17, 15) is 9.59 Å². The van der Waals surface area contributed by atoms with Crippen molar-refractivity contribution in [1.82, 2.24) is 10.2 Å². The molecule has 2 heterocycles. The molecule has 0 unspecified atom stereocenters. The Morgan fingerprint density at radius 1 is 1.06 bits per heavy atom. The number of benzene rings is 1. The van der Waals surface area contributed by atoms with E-state index < -0.39 is 0 Å². The van der Waals surface area contributed by atoms with Crippen LogP contribution in [0.5, 0.6) is 0 Å². The molecule has 0 aliphatic carbocycles. The molecule has 1 aliphatic heterocycles. The minimum atomic E-state index is -0.387. The second-order valence-corrected chi connectivity index (χ2v) is 4.40. The maximum Gasteiger partial charge on any atom is 0.268 e. The zero-order valence-corrected chi connectivity index (χ0v) is 9.27. The highest BCUT2D eigenvalue weighted by atomic mass is 32.1. The number of nitrogens with two attached hydrogens (primary N) is 1. The standard InChI is InChI=1S/C10H6N4O2S/c11-9-12-13-10(17-9)14-7(15)5-3-1-2-4-6(5)8(14)16/h1-4H,(H2,11,12). The largest absolute Gasteiger partial charge is 0.374 e. The number of aromatic nitrogens is 2. The summed E-state index contributed by atoms with van der Waals surface area (Å²) in [5.74, 6) is -0.775. The highest BCUT2D eigenvalue weighted by Crippen LogP contribution is 2.30. The first-order valence-electron chi connectivity index (χ1n) is 4.75. The van der Waals surface area contributed by atoms with Gasteiger partial charge in [-0.05, 0) is 12.1 Å². The normalized spacial score (nSPS) is 14.2. The fourth-order valence-electron chi connectivity index (χ4n) is 1.68. The molecule has 0 bridgehead atoms. The summed E-state index contributed by atoms with van der Waals surface area (Å²) >= 11 is 1.00. The van der Waals surface area contributed by atoms with Crippen molar-refractivity contribution in [2.45, 2.75) is 0 Å². The van der Waals surface area contributed by atoms with Crippen LogP contribution in [-0.4, -0.2) is 22.0 Å². The lowest BCUT2D eigenvalue weighted by Gasteiger charge is -2.07.